The fourth-order valence-corrected chi connectivity index (χ4v) is 2.10. The second kappa shape index (κ2) is 5.40. The molecule has 1 heterocycles. The molecule has 1 amide bonds. The summed E-state index contributed by atoms with van der Waals surface area (Å²) in [5, 5.41) is 0. The Balaban J connectivity index is 2.43. The number of nitrogens with zero attached hydrogens (tertiary/aromatic N) is 2. The number of aliphatic imine (C=N–C) groups is 1. The molecule has 4 nitrogen and oxygen atoms in total. The van der Waals surface area contributed by atoms with Gasteiger partial charge >= 0.3 is 0 Å². The molecular formula is C13H16ClN3O. The largest absolute Gasteiger partial charge is 0.386 e. The van der Waals surface area contributed by atoms with Crippen LogP contribution in [0.2, 0.25) is 0 Å². The Hall–Kier alpha value is -1.55. The number of amidine groups is 1. The molecule has 0 bridgehead atoms. The topological polar surface area (TPSA) is 58.7 Å². The van der Waals surface area contributed by atoms with Gasteiger partial charge in [-0.15, -0.1) is 11.6 Å². The van der Waals surface area contributed by atoms with Crippen LogP contribution in [0.5, 0.6) is 0 Å². The van der Waals surface area contributed by atoms with E-state index in [1.54, 1.807) is 4.90 Å². The first-order valence-corrected chi connectivity index (χ1v) is 6.45. The van der Waals surface area contributed by atoms with Crippen molar-refractivity contribution in [2.45, 2.75) is 19.8 Å². The SMILES string of the molecule is Cc1ccc(N2CCCC2=O)c(N=C(N)CCl)c1. The average molecular weight is 266 g/mol. The van der Waals surface area contributed by atoms with E-state index < -0.39 is 0 Å². The predicted molar refractivity (Wildman–Crippen MR) is 74.8 cm³/mol. The normalized spacial score (nSPS) is 16.4. The molecule has 1 saturated heterocycles. The monoisotopic (exact) mass is 265 g/mol. The summed E-state index contributed by atoms with van der Waals surface area (Å²) in [5.41, 5.74) is 8.27. The standard InChI is InChI=1S/C13H16ClN3O/c1-9-4-5-11(17-6-2-3-13(17)18)10(7-9)16-12(15)8-14/h4-5,7H,2-3,6,8H2,1H3,(H2,15,16). The van der Waals surface area contributed by atoms with E-state index in [1.807, 2.05) is 25.1 Å². The van der Waals surface area contributed by atoms with Crippen molar-refractivity contribution in [3.05, 3.63) is 23.8 Å². The van der Waals surface area contributed by atoms with Gasteiger partial charge < -0.3 is 10.6 Å². The van der Waals surface area contributed by atoms with E-state index in [0.717, 1.165) is 24.2 Å². The first-order chi connectivity index (χ1) is 8.61. The van der Waals surface area contributed by atoms with Crippen molar-refractivity contribution in [3.8, 4) is 0 Å². The second-order valence-corrected chi connectivity index (χ2v) is 4.65. The zero-order valence-electron chi connectivity index (χ0n) is 10.3. The molecule has 1 aromatic carbocycles. The first-order valence-electron chi connectivity index (χ1n) is 5.92. The van der Waals surface area contributed by atoms with Crippen LogP contribution in [0.4, 0.5) is 11.4 Å². The van der Waals surface area contributed by atoms with Crippen molar-refractivity contribution < 1.29 is 4.79 Å². The highest BCUT2D eigenvalue weighted by Gasteiger charge is 2.23. The van der Waals surface area contributed by atoms with Crippen molar-refractivity contribution in [2.24, 2.45) is 10.7 Å². The number of benzene rings is 1. The van der Waals surface area contributed by atoms with Crippen LogP contribution in [0, 0.1) is 6.92 Å². The van der Waals surface area contributed by atoms with Crippen LogP contribution in [0.15, 0.2) is 23.2 Å². The van der Waals surface area contributed by atoms with Crippen LogP contribution in [0.25, 0.3) is 0 Å². The number of aryl methyl sites for hydroxylation is 1. The van der Waals surface area contributed by atoms with Crippen molar-refractivity contribution in [2.75, 3.05) is 17.3 Å². The number of hydrogen-bond acceptors (Lipinski definition) is 2. The van der Waals surface area contributed by atoms with Gasteiger partial charge in [-0.05, 0) is 31.0 Å². The number of nitrogens with two attached hydrogens (primary N) is 1. The summed E-state index contributed by atoms with van der Waals surface area (Å²) in [5.74, 6) is 0.677. The van der Waals surface area contributed by atoms with Gasteiger partial charge in [0.05, 0.1) is 17.3 Å². The van der Waals surface area contributed by atoms with Crippen molar-refractivity contribution in [1.82, 2.24) is 0 Å². The Kier molecular flexibility index (Phi) is 3.87. The fraction of sp³-hybridized carbons (Fsp3) is 0.385. The molecule has 1 aromatic rings. The van der Waals surface area contributed by atoms with E-state index in [1.165, 1.54) is 0 Å². The molecule has 0 unspecified atom stereocenters. The first kappa shape index (κ1) is 12.9. The average Bonchev–Trinajstić information content (AvgIpc) is 2.75. The molecule has 0 saturated carbocycles. The second-order valence-electron chi connectivity index (χ2n) is 4.38. The van der Waals surface area contributed by atoms with Crippen LogP contribution in [-0.4, -0.2) is 24.2 Å². The molecule has 5 heteroatoms. The number of halogens is 1. The molecule has 0 aliphatic carbocycles. The van der Waals surface area contributed by atoms with Gasteiger partial charge in [0, 0.05) is 13.0 Å². The van der Waals surface area contributed by atoms with Crippen molar-refractivity contribution in [1.29, 1.82) is 0 Å². The third-order valence-electron chi connectivity index (χ3n) is 2.90. The highest BCUT2D eigenvalue weighted by molar-refractivity contribution is 6.28. The highest BCUT2D eigenvalue weighted by Crippen LogP contribution is 2.32. The maximum absolute atomic E-state index is 11.8. The number of rotatable bonds is 3. The minimum atomic E-state index is 0.139. The number of carbonyl (C=O) groups is 1. The van der Waals surface area contributed by atoms with Crippen LogP contribution in [0.3, 0.4) is 0 Å². The molecule has 0 aromatic heterocycles. The zero-order valence-corrected chi connectivity index (χ0v) is 11.1. The Labute approximate surface area is 111 Å². The molecule has 0 radical (unpaired) electrons. The number of alkyl halides is 1. The number of amides is 1. The van der Waals surface area contributed by atoms with Gasteiger partial charge in [-0.2, -0.15) is 0 Å². The molecule has 96 valence electrons. The lowest BCUT2D eigenvalue weighted by Gasteiger charge is -2.18. The minimum Gasteiger partial charge on any atom is -0.386 e. The molecular weight excluding hydrogens is 250 g/mol. The van der Waals surface area contributed by atoms with E-state index in [9.17, 15) is 4.79 Å². The summed E-state index contributed by atoms with van der Waals surface area (Å²) in [4.78, 5) is 17.8. The molecule has 1 fully saturated rings. The summed E-state index contributed by atoms with van der Waals surface area (Å²) >= 11 is 5.65. The maximum atomic E-state index is 11.8. The van der Waals surface area contributed by atoms with Crippen LogP contribution >= 0.6 is 11.6 Å². The van der Waals surface area contributed by atoms with Crippen LogP contribution in [0.1, 0.15) is 18.4 Å². The van der Waals surface area contributed by atoms with Gasteiger partial charge in [-0.3, -0.25) is 4.79 Å². The Bertz CT molecular complexity index is 499. The smallest absolute Gasteiger partial charge is 0.227 e. The van der Waals surface area contributed by atoms with Crippen LogP contribution in [-0.2, 0) is 4.79 Å². The Morgan fingerprint density at radius 1 is 1.56 bits per heavy atom. The van der Waals surface area contributed by atoms with Gasteiger partial charge in [-0.1, -0.05) is 6.07 Å². The predicted octanol–water partition coefficient (Wildman–Crippen LogP) is 2.35. The summed E-state index contributed by atoms with van der Waals surface area (Å²) < 4.78 is 0. The van der Waals surface area contributed by atoms with Crippen molar-refractivity contribution >= 4 is 34.7 Å². The Morgan fingerprint density at radius 2 is 2.33 bits per heavy atom. The van der Waals surface area contributed by atoms with Gasteiger partial charge in [0.1, 0.15) is 5.84 Å². The number of carbonyl (C=O) groups excluding carboxylic acids is 1. The third-order valence-corrected chi connectivity index (χ3v) is 3.17. The molecule has 2 rings (SSSR count). The third kappa shape index (κ3) is 2.64. The quantitative estimate of drug-likeness (QED) is 0.518. The summed E-state index contributed by atoms with van der Waals surface area (Å²) in [7, 11) is 0. The molecule has 1 aliphatic heterocycles. The number of hydrogen-bond donors (Lipinski definition) is 1. The van der Waals surface area contributed by atoms with Crippen molar-refractivity contribution in [3.63, 3.8) is 0 Å². The van der Waals surface area contributed by atoms with E-state index in [-0.39, 0.29) is 11.8 Å². The van der Waals surface area contributed by atoms with E-state index in [0.29, 0.717) is 17.9 Å². The summed E-state index contributed by atoms with van der Waals surface area (Å²) in [6.45, 7) is 2.72. The van der Waals surface area contributed by atoms with E-state index in [4.69, 9.17) is 17.3 Å². The lowest BCUT2D eigenvalue weighted by atomic mass is 10.2. The molecule has 2 N–H and O–H groups in total. The van der Waals surface area contributed by atoms with Crippen LogP contribution < -0.4 is 10.6 Å². The van der Waals surface area contributed by atoms with Gasteiger partial charge in [0.15, 0.2) is 0 Å². The maximum Gasteiger partial charge on any atom is 0.227 e. The molecule has 18 heavy (non-hydrogen) atoms. The van der Waals surface area contributed by atoms with Gasteiger partial charge in [0.25, 0.3) is 0 Å². The highest BCUT2D eigenvalue weighted by atomic mass is 35.5. The zero-order chi connectivity index (χ0) is 13.1. The lowest BCUT2D eigenvalue weighted by molar-refractivity contribution is -0.117. The Morgan fingerprint density at radius 3 is 2.94 bits per heavy atom. The van der Waals surface area contributed by atoms with Gasteiger partial charge in [0.2, 0.25) is 5.91 Å². The summed E-state index contributed by atoms with van der Waals surface area (Å²) in [6, 6.07) is 5.80. The number of anilines is 1. The lowest BCUT2D eigenvalue weighted by Crippen LogP contribution is -2.24. The molecule has 1 aliphatic rings. The van der Waals surface area contributed by atoms with Gasteiger partial charge in [-0.25, -0.2) is 4.99 Å². The van der Waals surface area contributed by atoms with E-state index in [2.05, 4.69) is 4.99 Å². The molecule has 0 spiro atoms. The van der Waals surface area contributed by atoms with E-state index >= 15 is 0 Å². The summed E-state index contributed by atoms with van der Waals surface area (Å²) in [6.07, 6.45) is 1.49. The fourth-order valence-electron chi connectivity index (χ4n) is 2.04. The molecule has 0 atom stereocenters. The minimum absolute atomic E-state index is 0.139.